The zero-order valence-electron chi connectivity index (χ0n) is 11.7. The lowest BCUT2D eigenvalue weighted by Gasteiger charge is -2.28. The van der Waals surface area contributed by atoms with Gasteiger partial charge in [0.25, 0.3) is 0 Å². The fraction of sp³-hybridized carbons (Fsp3) is 0.467. The van der Waals surface area contributed by atoms with Crippen LogP contribution in [0.4, 0.5) is 5.69 Å². The zero-order valence-corrected chi connectivity index (χ0v) is 11.7. The molecule has 0 saturated carbocycles. The van der Waals surface area contributed by atoms with Crippen LogP contribution >= 0.6 is 0 Å². The van der Waals surface area contributed by atoms with Gasteiger partial charge in [0.05, 0.1) is 25.2 Å². The van der Waals surface area contributed by atoms with E-state index in [1.807, 2.05) is 0 Å². The van der Waals surface area contributed by atoms with E-state index in [1.165, 1.54) is 0 Å². The van der Waals surface area contributed by atoms with Gasteiger partial charge in [-0.05, 0) is 17.7 Å². The third kappa shape index (κ3) is 2.91. The second-order valence-corrected chi connectivity index (χ2v) is 5.32. The molecule has 6 heteroatoms. The van der Waals surface area contributed by atoms with Gasteiger partial charge in [-0.1, -0.05) is 6.07 Å². The average Bonchev–Trinajstić information content (AvgIpc) is 2.80. The van der Waals surface area contributed by atoms with Crippen LogP contribution < -0.4 is 4.90 Å². The van der Waals surface area contributed by atoms with Crippen LogP contribution in [0.3, 0.4) is 0 Å². The normalized spacial score (nSPS) is 18.9. The maximum Gasteiger partial charge on any atom is 0.335 e. The number of carbonyl (C=O) groups excluding carboxylic acids is 1. The number of fused-ring (bicyclic) bond motifs is 1. The first-order chi connectivity index (χ1) is 10.1. The molecule has 0 spiro atoms. The molecule has 0 radical (unpaired) electrons. The smallest absolute Gasteiger partial charge is 0.335 e. The molecule has 21 heavy (non-hydrogen) atoms. The van der Waals surface area contributed by atoms with Gasteiger partial charge in [0.15, 0.2) is 0 Å². The highest BCUT2D eigenvalue weighted by Gasteiger charge is 2.28. The molecule has 0 aliphatic carbocycles. The van der Waals surface area contributed by atoms with Gasteiger partial charge in [0.2, 0.25) is 5.91 Å². The van der Waals surface area contributed by atoms with Gasteiger partial charge in [-0.15, -0.1) is 0 Å². The molecular formula is C15H18N2O4. The first-order valence-electron chi connectivity index (χ1n) is 7.12. The molecule has 1 saturated heterocycles. The number of aromatic carboxylic acids is 1. The molecular weight excluding hydrogens is 272 g/mol. The van der Waals surface area contributed by atoms with E-state index in [-0.39, 0.29) is 11.5 Å². The number of ether oxygens (including phenoxy) is 1. The minimum atomic E-state index is -0.967. The molecule has 6 nitrogen and oxygen atoms in total. The van der Waals surface area contributed by atoms with E-state index in [0.717, 1.165) is 44.1 Å². The van der Waals surface area contributed by atoms with Gasteiger partial charge in [0, 0.05) is 31.9 Å². The Hall–Kier alpha value is -1.92. The molecule has 0 unspecified atom stereocenters. The summed E-state index contributed by atoms with van der Waals surface area (Å²) in [6.45, 7) is 4.59. The highest BCUT2D eigenvalue weighted by Crippen LogP contribution is 2.29. The fourth-order valence-corrected chi connectivity index (χ4v) is 2.80. The number of morpholine rings is 1. The van der Waals surface area contributed by atoms with E-state index < -0.39 is 5.97 Å². The van der Waals surface area contributed by atoms with Gasteiger partial charge < -0.3 is 14.7 Å². The van der Waals surface area contributed by atoms with E-state index in [4.69, 9.17) is 9.84 Å². The Kier molecular flexibility index (Phi) is 3.90. The van der Waals surface area contributed by atoms with E-state index in [0.29, 0.717) is 13.0 Å². The Bertz CT molecular complexity index is 567. The molecule has 1 aromatic carbocycles. The molecule has 1 amide bonds. The average molecular weight is 290 g/mol. The van der Waals surface area contributed by atoms with Crippen molar-refractivity contribution in [2.45, 2.75) is 6.42 Å². The van der Waals surface area contributed by atoms with Crippen LogP contribution in [0.5, 0.6) is 0 Å². The number of hydrogen-bond donors (Lipinski definition) is 1. The lowest BCUT2D eigenvalue weighted by molar-refractivity contribution is -0.117. The van der Waals surface area contributed by atoms with Crippen molar-refractivity contribution in [3.63, 3.8) is 0 Å². The predicted octanol–water partition coefficient (Wildman–Crippen LogP) is 0.606. The maximum absolute atomic E-state index is 12.1. The molecule has 0 aromatic heterocycles. The molecule has 2 aliphatic rings. The van der Waals surface area contributed by atoms with Crippen molar-refractivity contribution < 1.29 is 19.4 Å². The summed E-state index contributed by atoms with van der Waals surface area (Å²) in [5, 5.41) is 9.08. The lowest BCUT2D eigenvalue weighted by atomic mass is 10.1. The van der Waals surface area contributed by atoms with Crippen molar-refractivity contribution >= 4 is 17.6 Å². The van der Waals surface area contributed by atoms with Crippen molar-refractivity contribution in [3.8, 4) is 0 Å². The van der Waals surface area contributed by atoms with Crippen LogP contribution in [-0.2, 0) is 16.0 Å². The third-order valence-corrected chi connectivity index (χ3v) is 4.01. The summed E-state index contributed by atoms with van der Waals surface area (Å²) >= 11 is 0. The van der Waals surface area contributed by atoms with Crippen LogP contribution in [-0.4, -0.2) is 61.3 Å². The van der Waals surface area contributed by atoms with Crippen LogP contribution in [0, 0.1) is 0 Å². The number of carboxylic acid groups (broad SMARTS) is 1. The molecule has 2 heterocycles. The molecule has 112 valence electrons. The molecule has 0 atom stereocenters. The van der Waals surface area contributed by atoms with Crippen LogP contribution in [0.1, 0.15) is 15.9 Å². The number of carbonyl (C=O) groups is 2. The van der Waals surface area contributed by atoms with E-state index in [2.05, 4.69) is 4.90 Å². The molecule has 0 bridgehead atoms. The van der Waals surface area contributed by atoms with Gasteiger partial charge >= 0.3 is 5.97 Å². The molecule has 2 aliphatic heterocycles. The topological polar surface area (TPSA) is 70.1 Å². The largest absolute Gasteiger partial charge is 0.478 e. The highest BCUT2D eigenvalue weighted by molar-refractivity contribution is 6.03. The highest BCUT2D eigenvalue weighted by atomic mass is 16.5. The van der Waals surface area contributed by atoms with E-state index in [9.17, 15) is 9.59 Å². The Balaban J connectivity index is 1.72. The lowest BCUT2D eigenvalue weighted by Crippen LogP contribution is -2.42. The summed E-state index contributed by atoms with van der Waals surface area (Å²) in [5.74, 6) is -0.925. The van der Waals surface area contributed by atoms with Gasteiger partial charge in [-0.2, -0.15) is 0 Å². The van der Waals surface area contributed by atoms with Crippen molar-refractivity contribution in [1.82, 2.24) is 4.90 Å². The number of carboxylic acids is 1. The minimum Gasteiger partial charge on any atom is -0.478 e. The fourth-order valence-electron chi connectivity index (χ4n) is 2.80. The first kappa shape index (κ1) is 14.0. The second kappa shape index (κ2) is 5.83. The second-order valence-electron chi connectivity index (χ2n) is 5.32. The number of nitrogens with zero attached hydrogens (tertiary/aromatic N) is 2. The van der Waals surface area contributed by atoms with Crippen LogP contribution in [0.25, 0.3) is 0 Å². The number of rotatable bonds is 4. The number of hydrogen-bond acceptors (Lipinski definition) is 4. The molecule has 1 N–H and O–H groups in total. The Labute approximate surface area is 122 Å². The predicted molar refractivity (Wildman–Crippen MR) is 76.7 cm³/mol. The van der Waals surface area contributed by atoms with Gasteiger partial charge in [0.1, 0.15) is 0 Å². The third-order valence-electron chi connectivity index (χ3n) is 4.01. The Morgan fingerprint density at radius 2 is 2.00 bits per heavy atom. The van der Waals surface area contributed by atoms with Crippen molar-refractivity contribution in [3.05, 3.63) is 29.3 Å². The maximum atomic E-state index is 12.1. The molecule has 1 fully saturated rings. The van der Waals surface area contributed by atoms with Gasteiger partial charge in [-0.3, -0.25) is 9.69 Å². The first-order valence-corrected chi connectivity index (χ1v) is 7.12. The number of benzene rings is 1. The van der Waals surface area contributed by atoms with Crippen LogP contribution in [0.2, 0.25) is 0 Å². The minimum absolute atomic E-state index is 0.0424. The molecule has 3 rings (SSSR count). The number of anilines is 1. The van der Waals surface area contributed by atoms with E-state index in [1.54, 1.807) is 23.1 Å². The van der Waals surface area contributed by atoms with Crippen molar-refractivity contribution in [1.29, 1.82) is 0 Å². The quantitative estimate of drug-likeness (QED) is 0.879. The summed E-state index contributed by atoms with van der Waals surface area (Å²) in [7, 11) is 0. The summed E-state index contributed by atoms with van der Waals surface area (Å²) in [4.78, 5) is 27.2. The Morgan fingerprint density at radius 1 is 1.24 bits per heavy atom. The summed E-state index contributed by atoms with van der Waals surface area (Å²) in [6.07, 6.45) is 0.359. The van der Waals surface area contributed by atoms with E-state index >= 15 is 0 Å². The monoisotopic (exact) mass is 290 g/mol. The summed E-state index contributed by atoms with van der Waals surface area (Å²) < 4.78 is 5.30. The SMILES string of the molecule is O=C(O)c1ccc2c(c1)N(CCN1CCOCC1)C(=O)C2. The molecule has 1 aromatic rings. The zero-order chi connectivity index (χ0) is 14.8. The van der Waals surface area contributed by atoms with Crippen molar-refractivity contribution in [2.75, 3.05) is 44.3 Å². The summed E-state index contributed by atoms with van der Waals surface area (Å²) in [5.41, 5.74) is 1.87. The summed E-state index contributed by atoms with van der Waals surface area (Å²) in [6, 6.07) is 4.90. The van der Waals surface area contributed by atoms with Crippen molar-refractivity contribution in [2.24, 2.45) is 0 Å². The van der Waals surface area contributed by atoms with Crippen LogP contribution in [0.15, 0.2) is 18.2 Å². The van der Waals surface area contributed by atoms with Gasteiger partial charge in [-0.25, -0.2) is 4.79 Å². The number of amides is 1. The standard InChI is InChI=1S/C15H18N2O4/c18-14-10-11-1-2-12(15(19)20)9-13(11)17(14)4-3-16-5-7-21-8-6-16/h1-2,9H,3-8,10H2,(H,19,20). The Morgan fingerprint density at radius 3 is 2.71 bits per heavy atom.